The van der Waals surface area contributed by atoms with Crippen LogP contribution in [0, 0.1) is 0 Å². The topological polar surface area (TPSA) is 80.6 Å². The summed E-state index contributed by atoms with van der Waals surface area (Å²) < 4.78 is 6.92. The smallest absolute Gasteiger partial charge is 0.326 e. The maximum absolute atomic E-state index is 12.4. The molecule has 0 aliphatic carbocycles. The van der Waals surface area contributed by atoms with Crippen LogP contribution in [0.4, 0.5) is 0 Å². The maximum atomic E-state index is 12.4. The molecule has 1 heterocycles. The molecule has 2 N–H and O–H groups in total. The molecule has 2 aromatic rings. The number of hydrogen-bond acceptors (Lipinski definition) is 3. The number of carboxylic acid groups (broad SMARTS) is 1. The fourth-order valence-electron chi connectivity index (χ4n) is 2.45. The number of carboxylic acids is 1. The minimum atomic E-state index is -1.02. The summed E-state index contributed by atoms with van der Waals surface area (Å²) in [6.45, 7) is 1.88. The van der Waals surface area contributed by atoms with Gasteiger partial charge in [0.25, 0.3) is 5.91 Å². The Labute approximate surface area is 128 Å². The van der Waals surface area contributed by atoms with Crippen molar-refractivity contribution in [2.24, 2.45) is 7.05 Å². The van der Waals surface area contributed by atoms with Crippen molar-refractivity contribution in [1.82, 2.24) is 9.88 Å². The average molecular weight is 304 g/mol. The lowest BCUT2D eigenvalue weighted by Gasteiger charge is -2.13. The Bertz CT molecular complexity index is 705. The minimum Gasteiger partial charge on any atom is -0.497 e. The number of nitrogens with one attached hydrogen (secondary N) is 1. The molecule has 1 amide bonds. The lowest BCUT2D eigenvalue weighted by atomic mass is 10.1. The molecular formula is C16H20N2O4. The van der Waals surface area contributed by atoms with Gasteiger partial charge in [0.15, 0.2) is 0 Å². The predicted octanol–water partition coefficient (Wildman–Crippen LogP) is 2.17. The van der Waals surface area contributed by atoms with Crippen LogP contribution in [-0.2, 0) is 11.8 Å². The van der Waals surface area contributed by atoms with Gasteiger partial charge in [-0.15, -0.1) is 0 Å². The first-order chi connectivity index (χ1) is 10.5. The maximum Gasteiger partial charge on any atom is 0.326 e. The zero-order chi connectivity index (χ0) is 16.3. The molecule has 118 valence electrons. The van der Waals surface area contributed by atoms with Crippen molar-refractivity contribution in [3.05, 3.63) is 30.0 Å². The number of carbonyl (C=O) groups excluding carboxylic acids is 1. The van der Waals surface area contributed by atoms with Gasteiger partial charge in [-0.2, -0.15) is 0 Å². The molecule has 2 rings (SSSR count). The van der Waals surface area contributed by atoms with Crippen LogP contribution in [0.15, 0.2) is 24.3 Å². The highest BCUT2D eigenvalue weighted by Gasteiger charge is 2.21. The molecule has 6 heteroatoms. The first-order valence-electron chi connectivity index (χ1n) is 7.15. The van der Waals surface area contributed by atoms with E-state index in [1.807, 2.05) is 25.1 Å². The van der Waals surface area contributed by atoms with E-state index in [9.17, 15) is 9.59 Å². The van der Waals surface area contributed by atoms with Gasteiger partial charge in [-0.3, -0.25) is 4.79 Å². The molecule has 0 radical (unpaired) electrons. The Morgan fingerprint density at radius 3 is 2.68 bits per heavy atom. The van der Waals surface area contributed by atoms with Crippen molar-refractivity contribution in [3.63, 3.8) is 0 Å². The van der Waals surface area contributed by atoms with E-state index in [1.165, 1.54) is 0 Å². The summed E-state index contributed by atoms with van der Waals surface area (Å²) in [4.78, 5) is 23.5. The normalized spacial score (nSPS) is 12.1. The number of fused-ring (bicyclic) bond motifs is 1. The van der Waals surface area contributed by atoms with Crippen molar-refractivity contribution in [2.45, 2.75) is 25.8 Å². The number of aryl methyl sites for hydroxylation is 1. The van der Waals surface area contributed by atoms with E-state index in [0.29, 0.717) is 24.3 Å². The van der Waals surface area contributed by atoms with Crippen molar-refractivity contribution in [1.29, 1.82) is 0 Å². The second kappa shape index (κ2) is 6.51. The zero-order valence-electron chi connectivity index (χ0n) is 12.9. The van der Waals surface area contributed by atoms with Gasteiger partial charge >= 0.3 is 5.97 Å². The van der Waals surface area contributed by atoms with Crippen LogP contribution in [0.5, 0.6) is 5.75 Å². The lowest BCUT2D eigenvalue weighted by Crippen LogP contribution is -2.41. The van der Waals surface area contributed by atoms with Crippen LogP contribution in [0.1, 0.15) is 30.3 Å². The quantitative estimate of drug-likeness (QED) is 0.857. The number of rotatable bonds is 6. The van der Waals surface area contributed by atoms with Gasteiger partial charge in [-0.25, -0.2) is 4.79 Å². The molecule has 22 heavy (non-hydrogen) atoms. The highest BCUT2D eigenvalue weighted by Crippen LogP contribution is 2.23. The number of nitrogens with zero attached hydrogens (tertiary/aromatic N) is 1. The standard InChI is InChI=1S/C16H20N2O4/c1-4-5-12(16(20)21)17-15(19)14-9-10-8-11(22-3)6-7-13(10)18(14)2/h6-9,12H,4-5H2,1-3H3,(H,17,19)(H,20,21)/t12-/m0/s1. The molecule has 1 aromatic carbocycles. The van der Waals surface area contributed by atoms with E-state index in [-0.39, 0.29) is 0 Å². The molecular weight excluding hydrogens is 284 g/mol. The molecule has 1 aromatic heterocycles. The minimum absolute atomic E-state index is 0.390. The first-order valence-corrected chi connectivity index (χ1v) is 7.15. The molecule has 0 saturated heterocycles. The third kappa shape index (κ3) is 3.05. The lowest BCUT2D eigenvalue weighted by molar-refractivity contribution is -0.139. The highest BCUT2D eigenvalue weighted by atomic mass is 16.5. The first kappa shape index (κ1) is 15.9. The van der Waals surface area contributed by atoms with Gasteiger partial charge in [0, 0.05) is 18.0 Å². The number of hydrogen-bond donors (Lipinski definition) is 2. The summed E-state index contributed by atoms with van der Waals surface area (Å²) in [5.74, 6) is -0.700. The SMILES string of the molecule is CCC[C@H](NC(=O)c1cc2cc(OC)ccc2n1C)C(=O)O. The zero-order valence-corrected chi connectivity index (χ0v) is 12.9. The molecule has 0 fully saturated rings. The Balaban J connectivity index is 2.31. The highest BCUT2D eigenvalue weighted by molar-refractivity contribution is 6.00. The number of aliphatic carboxylic acids is 1. The molecule has 0 spiro atoms. The molecule has 0 aliphatic rings. The van der Waals surface area contributed by atoms with Crippen LogP contribution in [-0.4, -0.2) is 34.7 Å². The van der Waals surface area contributed by atoms with E-state index in [1.54, 1.807) is 24.8 Å². The van der Waals surface area contributed by atoms with Crippen LogP contribution >= 0.6 is 0 Å². The number of aromatic nitrogens is 1. The van der Waals surface area contributed by atoms with E-state index in [4.69, 9.17) is 9.84 Å². The van der Waals surface area contributed by atoms with Crippen molar-refractivity contribution in [2.75, 3.05) is 7.11 Å². The number of ether oxygens (including phenoxy) is 1. The number of amides is 1. The Hall–Kier alpha value is -2.50. The van der Waals surface area contributed by atoms with Crippen molar-refractivity contribution in [3.8, 4) is 5.75 Å². The Morgan fingerprint density at radius 1 is 1.36 bits per heavy atom. The van der Waals surface area contributed by atoms with Crippen molar-refractivity contribution >= 4 is 22.8 Å². The van der Waals surface area contributed by atoms with Crippen molar-refractivity contribution < 1.29 is 19.4 Å². The fraction of sp³-hybridized carbons (Fsp3) is 0.375. The van der Waals surface area contributed by atoms with E-state index in [2.05, 4.69) is 5.32 Å². The van der Waals surface area contributed by atoms with Gasteiger partial charge in [0.1, 0.15) is 17.5 Å². The van der Waals surface area contributed by atoms with Gasteiger partial charge in [-0.05, 0) is 30.7 Å². The van der Waals surface area contributed by atoms with E-state index >= 15 is 0 Å². The van der Waals surface area contributed by atoms with Crippen LogP contribution in [0.3, 0.4) is 0 Å². The predicted molar refractivity (Wildman–Crippen MR) is 83.3 cm³/mol. The van der Waals surface area contributed by atoms with Crippen LogP contribution < -0.4 is 10.1 Å². The number of methoxy groups -OCH3 is 1. The summed E-state index contributed by atoms with van der Waals surface area (Å²) in [5.41, 5.74) is 1.30. The number of carbonyl (C=O) groups is 2. The van der Waals surface area contributed by atoms with Gasteiger partial charge < -0.3 is 19.7 Å². The molecule has 1 atom stereocenters. The Kier molecular flexibility index (Phi) is 4.70. The monoisotopic (exact) mass is 304 g/mol. The van der Waals surface area contributed by atoms with Crippen LogP contribution in [0.2, 0.25) is 0 Å². The van der Waals surface area contributed by atoms with Gasteiger partial charge in [0.05, 0.1) is 7.11 Å². The molecule has 0 aliphatic heterocycles. The molecule has 0 unspecified atom stereocenters. The Morgan fingerprint density at radius 2 is 2.09 bits per heavy atom. The molecule has 6 nitrogen and oxygen atoms in total. The largest absolute Gasteiger partial charge is 0.497 e. The molecule has 0 saturated carbocycles. The summed E-state index contributed by atoms with van der Waals surface area (Å²) >= 11 is 0. The van der Waals surface area contributed by atoms with Gasteiger partial charge in [0.2, 0.25) is 0 Å². The van der Waals surface area contributed by atoms with Crippen LogP contribution in [0.25, 0.3) is 10.9 Å². The molecule has 0 bridgehead atoms. The third-order valence-corrected chi connectivity index (χ3v) is 3.66. The summed E-state index contributed by atoms with van der Waals surface area (Å²) in [7, 11) is 3.36. The fourth-order valence-corrected chi connectivity index (χ4v) is 2.45. The third-order valence-electron chi connectivity index (χ3n) is 3.66. The van der Waals surface area contributed by atoms with Gasteiger partial charge in [-0.1, -0.05) is 13.3 Å². The second-order valence-electron chi connectivity index (χ2n) is 5.17. The summed E-state index contributed by atoms with van der Waals surface area (Å²) in [5, 5.41) is 12.6. The average Bonchev–Trinajstić information content (AvgIpc) is 2.83. The number of benzene rings is 1. The summed E-state index contributed by atoms with van der Waals surface area (Å²) in [6, 6.07) is 6.39. The second-order valence-corrected chi connectivity index (χ2v) is 5.17. The van der Waals surface area contributed by atoms with E-state index < -0.39 is 17.9 Å². The summed E-state index contributed by atoms with van der Waals surface area (Å²) in [6.07, 6.45) is 1.09. The van der Waals surface area contributed by atoms with E-state index in [0.717, 1.165) is 10.9 Å².